The minimum absolute atomic E-state index is 0.183. The predicted octanol–water partition coefficient (Wildman–Crippen LogP) is 4.66. The summed E-state index contributed by atoms with van der Waals surface area (Å²) in [4.78, 5) is 2.48. The molecule has 0 amide bonds. The van der Waals surface area contributed by atoms with Crippen LogP contribution in [0.25, 0.3) is 0 Å². The summed E-state index contributed by atoms with van der Waals surface area (Å²) in [6.07, 6.45) is 2.18. The van der Waals surface area contributed by atoms with Crippen molar-refractivity contribution in [2.45, 2.75) is 25.4 Å². The second-order valence-electron chi connectivity index (χ2n) is 5.83. The molecule has 0 bridgehead atoms. The second kappa shape index (κ2) is 7.25. The molecule has 1 N–H and O–H groups in total. The predicted molar refractivity (Wildman–Crippen MR) is 92.5 cm³/mol. The van der Waals surface area contributed by atoms with Gasteiger partial charge >= 0.3 is 0 Å². The fourth-order valence-electron chi connectivity index (χ4n) is 2.90. The van der Waals surface area contributed by atoms with Crippen LogP contribution >= 0.6 is 15.9 Å². The Morgan fingerprint density at radius 1 is 1.09 bits per heavy atom. The van der Waals surface area contributed by atoms with E-state index in [1.807, 2.05) is 6.07 Å². The van der Waals surface area contributed by atoms with E-state index in [0.717, 1.165) is 42.6 Å². The number of anilines is 1. The molecule has 2 aromatic carbocycles. The van der Waals surface area contributed by atoms with Gasteiger partial charge in [0.2, 0.25) is 0 Å². The van der Waals surface area contributed by atoms with E-state index < -0.39 is 0 Å². The van der Waals surface area contributed by atoms with E-state index >= 15 is 0 Å². The van der Waals surface area contributed by atoms with Crippen LogP contribution < -0.4 is 5.32 Å². The summed E-state index contributed by atoms with van der Waals surface area (Å²) in [5, 5.41) is 3.44. The molecule has 1 fully saturated rings. The third-order valence-electron chi connectivity index (χ3n) is 4.10. The standard InChI is InChI=1S/C18H20BrFN2/c19-15-6-4-14(5-7-15)13-22-10-8-17(9-11-22)21-18-3-1-2-16(20)12-18/h1-7,12,17,21H,8-11,13H2. The van der Waals surface area contributed by atoms with E-state index in [-0.39, 0.29) is 5.82 Å². The van der Waals surface area contributed by atoms with Crippen molar-refractivity contribution in [1.29, 1.82) is 0 Å². The highest BCUT2D eigenvalue weighted by Crippen LogP contribution is 2.19. The van der Waals surface area contributed by atoms with Crippen LogP contribution in [-0.2, 0) is 6.54 Å². The van der Waals surface area contributed by atoms with Crippen LogP contribution in [0.2, 0.25) is 0 Å². The fraction of sp³-hybridized carbons (Fsp3) is 0.333. The zero-order valence-corrected chi connectivity index (χ0v) is 14.0. The van der Waals surface area contributed by atoms with E-state index in [1.54, 1.807) is 12.1 Å². The lowest BCUT2D eigenvalue weighted by atomic mass is 10.0. The average molecular weight is 363 g/mol. The number of benzene rings is 2. The Labute approximate surface area is 139 Å². The van der Waals surface area contributed by atoms with Gasteiger partial charge in [0.25, 0.3) is 0 Å². The second-order valence-corrected chi connectivity index (χ2v) is 6.75. The fourth-order valence-corrected chi connectivity index (χ4v) is 3.16. The summed E-state index contributed by atoms with van der Waals surface area (Å²) >= 11 is 3.47. The molecule has 0 atom stereocenters. The van der Waals surface area contributed by atoms with Crippen LogP contribution in [0.5, 0.6) is 0 Å². The van der Waals surface area contributed by atoms with Crippen LogP contribution in [0.15, 0.2) is 53.0 Å². The minimum Gasteiger partial charge on any atom is -0.382 e. The number of likely N-dealkylation sites (tertiary alicyclic amines) is 1. The van der Waals surface area contributed by atoms with Crippen molar-refractivity contribution in [1.82, 2.24) is 4.90 Å². The summed E-state index contributed by atoms with van der Waals surface area (Å²) in [6.45, 7) is 3.14. The van der Waals surface area contributed by atoms with Crippen LogP contribution in [0.4, 0.5) is 10.1 Å². The highest BCUT2D eigenvalue weighted by molar-refractivity contribution is 9.10. The van der Waals surface area contributed by atoms with Gasteiger partial charge in [0.1, 0.15) is 5.82 Å². The van der Waals surface area contributed by atoms with Crippen molar-refractivity contribution >= 4 is 21.6 Å². The maximum atomic E-state index is 13.2. The van der Waals surface area contributed by atoms with Gasteiger partial charge in [-0.25, -0.2) is 4.39 Å². The zero-order chi connectivity index (χ0) is 15.4. The summed E-state index contributed by atoms with van der Waals surface area (Å²) in [6, 6.07) is 15.7. The summed E-state index contributed by atoms with van der Waals surface area (Å²) in [7, 11) is 0. The van der Waals surface area contributed by atoms with Gasteiger partial charge in [-0.2, -0.15) is 0 Å². The lowest BCUT2D eigenvalue weighted by Crippen LogP contribution is -2.38. The Balaban J connectivity index is 1.49. The summed E-state index contributed by atoms with van der Waals surface area (Å²) in [5.41, 5.74) is 2.23. The van der Waals surface area contributed by atoms with E-state index in [4.69, 9.17) is 0 Å². The number of piperidine rings is 1. The molecule has 3 rings (SSSR count). The highest BCUT2D eigenvalue weighted by atomic mass is 79.9. The lowest BCUT2D eigenvalue weighted by Gasteiger charge is -2.33. The number of hydrogen-bond acceptors (Lipinski definition) is 2. The topological polar surface area (TPSA) is 15.3 Å². The SMILES string of the molecule is Fc1cccc(NC2CCN(Cc3ccc(Br)cc3)CC2)c1. The molecule has 1 heterocycles. The van der Waals surface area contributed by atoms with Crippen LogP contribution in [0.1, 0.15) is 18.4 Å². The monoisotopic (exact) mass is 362 g/mol. The van der Waals surface area contributed by atoms with Gasteiger partial charge in [0.05, 0.1) is 0 Å². The van der Waals surface area contributed by atoms with Gasteiger partial charge in [-0.3, -0.25) is 4.90 Å². The third kappa shape index (κ3) is 4.31. The number of nitrogens with one attached hydrogen (secondary N) is 1. The molecule has 0 radical (unpaired) electrons. The molecule has 1 aliphatic heterocycles. The molecule has 2 nitrogen and oxygen atoms in total. The quantitative estimate of drug-likeness (QED) is 0.850. The summed E-state index contributed by atoms with van der Waals surface area (Å²) < 4.78 is 14.3. The molecule has 0 spiro atoms. The molecular formula is C18H20BrFN2. The number of rotatable bonds is 4. The Morgan fingerprint density at radius 3 is 2.50 bits per heavy atom. The van der Waals surface area contributed by atoms with E-state index in [9.17, 15) is 4.39 Å². The van der Waals surface area contributed by atoms with Gasteiger partial charge in [0.15, 0.2) is 0 Å². The van der Waals surface area contributed by atoms with E-state index in [2.05, 4.69) is 50.4 Å². The van der Waals surface area contributed by atoms with Crippen LogP contribution in [-0.4, -0.2) is 24.0 Å². The Hall–Kier alpha value is -1.39. The molecule has 0 aromatic heterocycles. The van der Waals surface area contributed by atoms with Crippen LogP contribution in [0.3, 0.4) is 0 Å². The van der Waals surface area contributed by atoms with Gasteiger partial charge in [-0.1, -0.05) is 34.1 Å². The first kappa shape index (κ1) is 15.5. The molecule has 1 saturated heterocycles. The van der Waals surface area contributed by atoms with Gasteiger partial charge in [-0.15, -0.1) is 0 Å². The van der Waals surface area contributed by atoms with Gasteiger partial charge in [0, 0.05) is 35.8 Å². The zero-order valence-electron chi connectivity index (χ0n) is 12.4. The first-order chi connectivity index (χ1) is 10.7. The van der Waals surface area contributed by atoms with Crippen molar-refractivity contribution in [2.75, 3.05) is 18.4 Å². The maximum absolute atomic E-state index is 13.2. The molecule has 4 heteroatoms. The Bertz CT molecular complexity index is 607. The Morgan fingerprint density at radius 2 is 1.82 bits per heavy atom. The molecule has 0 saturated carbocycles. The molecule has 1 aliphatic rings. The van der Waals surface area contributed by atoms with Gasteiger partial charge < -0.3 is 5.32 Å². The van der Waals surface area contributed by atoms with Crippen molar-refractivity contribution in [3.05, 3.63) is 64.4 Å². The van der Waals surface area contributed by atoms with Gasteiger partial charge in [-0.05, 0) is 48.7 Å². The first-order valence-corrected chi connectivity index (χ1v) is 8.47. The minimum atomic E-state index is -0.183. The first-order valence-electron chi connectivity index (χ1n) is 7.68. The lowest BCUT2D eigenvalue weighted by molar-refractivity contribution is 0.211. The highest BCUT2D eigenvalue weighted by Gasteiger charge is 2.19. The van der Waals surface area contributed by atoms with Crippen molar-refractivity contribution in [2.24, 2.45) is 0 Å². The number of hydrogen-bond donors (Lipinski definition) is 1. The molecule has 116 valence electrons. The Kier molecular flexibility index (Phi) is 5.11. The van der Waals surface area contributed by atoms with Crippen molar-refractivity contribution < 1.29 is 4.39 Å². The number of halogens is 2. The molecule has 0 aliphatic carbocycles. The third-order valence-corrected chi connectivity index (χ3v) is 4.63. The maximum Gasteiger partial charge on any atom is 0.125 e. The summed E-state index contributed by atoms with van der Waals surface area (Å²) in [5.74, 6) is -0.183. The molecular weight excluding hydrogens is 343 g/mol. The molecule has 22 heavy (non-hydrogen) atoms. The molecule has 2 aromatic rings. The largest absolute Gasteiger partial charge is 0.382 e. The molecule has 0 unspecified atom stereocenters. The van der Waals surface area contributed by atoms with E-state index in [1.165, 1.54) is 11.6 Å². The number of nitrogens with zero attached hydrogens (tertiary/aromatic N) is 1. The van der Waals surface area contributed by atoms with E-state index in [0.29, 0.717) is 6.04 Å². The smallest absolute Gasteiger partial charge is 0.125 e. The van der Waals surface area contributed by atoms with Crippen molar-refractivity contribution in [3.8, 4) is 0 Å². The normalized spacial score (nSPS) is 16.6. The van der Waals surface area contributed by atoms with Crippen LogP contribution in [0, 0.1) is 5.82 Å². The average Bonchev–Trinajstić information content (AvgIpc) is 2.52. The van der Waals surface area contributed by atoms with Crippen molar-refractivity contribution in [3.63, 3.8) is 0 Å².